The minimum atomic E-state index is -0.610. The molecule has 0 spiro atoms. The molecule has 0 fully saturated rings. The fourth-order valence-electron chi connectivity index (χ4n) is 2.58. The smallest absolute Gasteiger partial charge is 0.137 e. The lowest BCUT2D eigenvalue weighted by molar-refractivity contribution is -0.917. The van der Waals surface area contributed by atoms with Gasteiger partial charge in [0, 0.05) is 11.6 Å². The Labute approximate surface area is 143 Å². The molecule has 0 aromatic heterocycles. The van der Waals surface area contributed by atoms with Crippen molar-refractivity contribution in [3.8, 4) is 11.5 Å². The minimum absolute atomic E-state index is 0.0889. The van der Waals surface area contributed by atoms with Gasteiger partial charge >= 0.3 is 0 Å². The molecule has 2 atom stereocenters. The number of hydrogen-bond donors (Lipinski definition) is 3. The highest BCUT2D eigenvalue weighted by Gasteiger charge is 2.16. The van der Waals surface area contributed by atoms with E-state index in [2.05, 4.69) is 12.1 Å². The normalized spacial score (nSPS) is 13.3. The topological polar surface area (TPSA) is 63.4 Å². The lowest BCUT2D eigenvalue weighted by Crippen LogP contribution is -3.12. The average Bonchev–Trinajstić information content (AvgIpc) is 2.61. The van der Waals surface area contributed by atoms with Crippen LogP contribution in [0.5, 0.6) is 11.5 Å². The number of methoxy groups -OCH3 is 1. The summed E-state index contributed by atoms with van der Waals surface area (Å²) in [5.74, 6) is 1.39. The third-order valence-electron chi connectivity index (χ3n) is 3.77. The lowest BCUT2D eigenvalue weighted by atomic mass is 10.2. The Morgan fingerprint density at radius 2 is 1.79 bits per heavy atom. The predicted octanol–water partition coefficient (Wildman–Crippen LogP) is 0.512. The van der Waals surface area contributed by atoms with Crippen molar-refractivity contribution in [1.82, 2.24) is 0 Å². The number of aliphatic hydroxyl groups is 2. The zero-order chi connectivity index (χ0) is 17.2. The average molecular weight is 332 g/mol. The molecule has 0 aliphatic carbocycles. The van der Waals surface area contributed by atoms with Gasteiger partial charge in [0.2, 0.25) is 0 Å². The minimum Gasteiger partial charge on any atom is -0.497 e. The van der Waals surface area contributed by atoms with Crippen molar-refractivity contribution in [2.24, 2.45) is 0 Å². The van der Waals surface area contributed by atoms with E-state index in [1.807, 2.05) is 36.4 Å². The molecule has 0 saturated carbocycles. The van der Waals surface area contributed by atoms with Crippen molar-refractivity contribution in [3.05, 3.63) is 60.2 Å². The molecule has 24 heavy (non-hydrogen) atoms. The summed E-state index contributed by atoms with van der Waals surface area (Å²) in [7, 11) is 1.60. The standard InChI is InChI=1S/C19H25NO4/c1-23-18-8-5-9-19(12-18)24-15-17(22)14-20(10-11-21)13-16-6-3-2-4-7-16/h2-9,12,17,21-22H,10-11,13-15H2,1H3/p+1/t17-/m0/s1. The van der Waals surface area contributed by atoms with E-state index in [0.717, 1.165) is 17.2 Å². The Morgan fingerprint density at radius 3 is 2.50 bits per heavy atom. The van der Waals surface area contributed by atoms with Crippen molar-refractivity contribution < 1.29 is 24.6 Å². The summed E-state index contributed by atoms with van der Waals surface area (Å²) in [6.45, 7) is 2.16. The SMILES string of the molecule is COc1cccc(OC[C@@H](O)C[NH+](CCO)Cc2ccccc2)c1. The molecule has 3 N–H and O–H groups in total. The van der Waals surface area contributed by atoms with Gasteiger partial charge in [-0.2, -0.15) is 0 Å². The van der Waals surface area contributed by atoms with Gasteiger partial charge in [0.15, 0.2) is 0 Å². The third-order valence-corrected chi connectivity index (χ3v) is 3.77. The van der Waals surface area contributed by atoms with Gasteiger partial charge in [-0.3, -0.25) is 0 Å². The summed E-state index contributed by atoms with van der Waals surface area (Å²) in [5.41, 5.74) is 1.18. The molecule has 130 valence electrons. The van der Waals surface area contributed by atoms with Gasteiger partial charge in [0.05, 0.1) is 13.7 Å². The maximum absolute atomic E-state index is 10.3. The van der Waals surface area contributed by atoms with Crippen molar-refractivity contribution in [2.75, 3.05) is 33.4 Å². The molecule has 2 aromatic rings. The van der Waals surface area contributed by atoms with E-state index in [9.17, 15) is 10.2 Å². The van der Waals surface area contributed by atoms with Gasteiger partial charge < -0.3 is 24.6 Å². The summed E-state index contributed by atoms with van der Waals surface area (Å²) >= 11 is 0. The zero-order valence-corrected chi connectivity index (χ0v) is 14.0. The molecule has 1 unspecified atom stereocenters. The van der Waals surface area contributed by atoms with Crippen LogP contribution in [0.4, 0.5) is 0 Å². The molecular formula is C19H26NO4+. The molecule has 2 rings (SSSR count). The molecular weight excluding hydrogens is 306 g/mol. The number of nitrogens with one attached hydrogen (secondary N) is 1. The van der Waals surface area contributed by atoms with Gasteiger partial charge in [-0.1, -0.05) is 36.4 Å². The fraction of sp³-hybridized carbons (Fsp3) is 0.368. The highest BCUT2D eigenvalue weighted by molar-refractivity contribution is 5.32. The molecule has 2 aromatic carbocycles. The van der Waals surface area contributed by atoms with Crippen LogP contribution in [0.1, 0.15) is 5.56 Å². The van der Waals surface area contributed by atoms with Crippen LogP contribution in [0.2, 0.25) is 0 Å². The predicted molar refractivity (Wildman–Crippen MR) is 92.4 cm³/mol. The highest BCUT2D eigenvalue weighted by atomic mass is 16.5. The van der Waals surface area contributed by atoms with E-state index >= 15 is 0 Å². The highest BCUT2D eigenvalue weighted by Crippen LogP contribution is 2.18. The van der Waals surface area contributed by atoms with Gasteiger partial charge in [-0.25, -0.2) is 0 Å². The molecule has 5 heteroatoms. The van der Waals surface area contributed by atoms with Crippen LogP contribution in [0.3, 0.4) is 0 Å². The van der Waals surface area contributed by atoms with E-state index in [4.69, 9.17) is 9.47 Å². The lowest BCUT2D eigenvalue weighted by Gasteiger charge is -2.22. The van der Waals surface area contributed by atoms with Crippen molar-refractivity contribution >= 4 is 0 Å². The van der Waals surface area contributed by atoms with Crippen LogP contribution < -0.4 is 14.4 Å². The fourth-order valence-corrected chi connectivity index (χ4v) is 2.58. The molecule has 0 amide bonds. The molecule has 0 heterocycles. The first-order chi connectivity index (χ1) is 11.7. The second-order valence-corrected chi connectivity index (χ2v) is 5.73. The quantitative estimate of drug-likeness (QED) is 0.593. The third kappa shape index (κ3) is 6.20. The number of ether oxygens (including phenoxy) is 2. The van der Waals surface area contributed by atoms with Gasteiger partial charge in [-0.15, -0.1) is 0 Å². The summed E-state index contributed by atoms with van der Waals surface area (Å²) in [5, 5.41) is 19.5. The van der Waals surface area contributed by atoms with Crippen molar-refractivity contribution in [2.45, 2.75) is 12.6 Å². The van der Waals surface area contributed by atoms with E-state index in [1.54, 1.807) is 13.2 Å². The van der Waals surface area contributed by atoms with E-state index < -0.39 is 6.10 Å². The molecule has 0 bridgehead atoms. The number of aliphatic hydroxyl groups excluding tert-OH is 2. The van der Waals surface area contributed by atoms with Gasteiger partial charge in [0.25, 0.3) is 0 Å². The van der Waals surface area contributed by atoms with Crippen LogP contribution in [0.25, 0.3) is 0 Å². The van der Waals surface area contributed by atoms with Gasteiger partial charge in [-0.05, 0) is 12.1 Å². The summed E-state index contributed by atoms with van der Waals surface area (Å²) in [6, 6.07) is 17.4. The Kier molecular flexibility index (Phi) is 7.55. The molecule has 5 nitrogen and oxygen atoms in total. The molecule has 0 saturated heterocycles. The summed E-state index contributed by atoms with van der Waals surface area (Å²) in [4.78, 5) is 1.12. The Hall–Kier alpha value is -2.08. The maximum Gasteiger partial charge on any atom is 0.137 e. The van der Waals surface area contributed by atoms with Crippen LogP contribution in [-0.2, 0) is 6.54 Å². The first-order valence-electron chi connectivity index (χ1n) is 8.14. The van der Waals surface area contributed by atoms with Gasteiger partial charge in [0.1, 0.15) is 43.8 Å². The van der Waals surface area contributed by atoms with E-state index in [0.29, 0.717) is 18.8 Å². The Bertz CT molecular complexity index is 591. The Balaban J connectivity index is 1.84. The van der Waals surface area contributed by atoms with Crippen LogP contribution in [0.15, 0.2) is 54.6 Å². The zero-order valence-electron chi connectivity index (χ0n) is 14.0. The number of hydrogen-bond acceptors (Lipinski definition) is 4. The maximum atomic E-state index is 10.3. The van der Waals surface area contributed by atoms with Crippen molar-refractivity contribution in [1.29, 1.82) is 0 Å². The first kappa shape index (κ1) is 18.3. The monoisotopic (exact) mass is 332 g/mol. The van der Waals surface area contributed by atoms with Crippen LogP contribution in [0, 0.1) is 0 Å². The van der Waals surface area contributed by atoms with E-state index in [1.165, 1.54) is 5.56 Å². The van der Waals surface area contributed by atoms with Crippen molar-refractivity contribution in [3.63, 3.8) is 0 Å². The molecule has 0 aliphatic rings. The second kappa shape index (κ2) is 9.93. The number of benzene rings is 2. The summed E-state index contributed by atoms with van der Waals surface area (Å²) < 4.78 is 10.8. The Morgan fingerprint density at radius 1 is 1.04 bits per heavy atom. The summed E-state index contributed by atoms with van der Waals surface area (Å²) in [6.07, 6.45) is -0.610. The van der Waals surface area contributed by atoms with E-state index in [-0.39, 0.29) is 13.2 Å². The van der Waals surface area contributed by atoms with Crippen LogP contribution >= 0.6 is 0 Å². The molecule has 0 radical (unpaired) electrons. The largest absolute Gasteiger partial charge is 0.497 e. The number of quaternary nitrogens is 1. The van der Waals surface area contributed by atoms with Crippen LogP contribution in [-0.4, -0.2) is 49.7 Å². The number of rotatable bonds is 10. The second-order valence-electron chi connectivity index (χ2n) is 5.73. The molecule has 0 aliphatic heterocycles. The first-order valence-corrected chi connectivity index (χ1v) is 8.14.